The van der Waals surface area contributed by atoms with E-state index in [-0.39, 0.29) is 17.7 Å². The average molecular weight is 404 g/mol. The van der Waals surface area contributed by atoms with Crippen LogP contribution >= 0.6 is 0 Å². The Bertz CT molecular complexity index is 867. The molecule has 0 aromatic heterocycles. The third-order valence-electron chi connectivity index (χ3n) is 5.92. The smallest absolute Gasteiger partial charge is 0.243 e. The van der Waals surface area contributed by atoms with Crippen LogP contribution in [0.3, 0.4) is 0 Å². The molecule has 1 aliphatic heterocycles. The van der Waals surface area contributed by atoms with Crippen molar-refractivity contribution in [3.05, 3.63) is 29.3 Å². The van der Waals surface area contributed by atoms with E-state index in [1.807, 2.05) is 26.0 Å². The highest BCUT2D eigenvalue weighted by molar-refractivity contribution is 7.89. The van der Waals surface area contributed by atoms with Crippen molar-refractivity contribution < 1.29 is 13.2 Å². The quantitative estimate of drug-likeness (QED) is 0.731. The number of carbonyl (C=O) groups is 1. The molecule has 0 N–H and O–H groups in total. The first-order valence-electron chi connectivity index (χ1n) is 10.2. The van der Waals surface area contributed by atoms with Crippen molar-refractivity contribution in [2.24, 2.45) is 11.8 Å². The van der Waals surface area contributed by atoms with Gasteiger partial charge < -0.3 is 4.90 Å². The van der Waals surface area contributed by atoms with Crippen molar-refractivity contribution >= 4 is 15.9 Å². The van der Waals surface area contributed by atoms with Crippen LogP contribution in [0.15, 0.2) is 23.1 Å². The lowest BCUT2D eigenvalue weighted by molar-refractivity contribution is -0.136. The van der Waals surface area contributed by atoms with Gasteiger partial charge in [0, 0.05) is 32.1 Å². The third-order valence-corrected chi connectivity index (χ3v) is 7.81. The summed E-state index contributed by atoms with van der Waals surface area (Å²) in [5, 5.41) is 9.00. The van der Waals surface area contributed by atoms with E-state index >= 15 is 0 Å². The normalized spacial score (nSPS) is 19.0. The molecular weight excluding hydrogens is 374 g/mol. The van der Waals surface area contributed by atoms with Gasteiger partial charge in [0.2, 0.25) is 15.9 Å². The molecule has 0 saturated carbocycles. The Morgan fingerprint density at radius 1 is 1.29 bits per heavy atom. The Labute approximate surface area is 168 Å². The van der Waals surface area contributed by atoms with Gasteiger partial charge >= 0.3 is 0 Å². The van der Waals surface area contributed by atoms with Crippen LogP contribution in [0.5, 0.6) is 0 Å². The maximum absolute atomic E-state index is 13.0. The number of amides is 1. The SMILES string of the molecule is CCN(C[C@@H](C)C#N)C(=O)C1CCN(S(=O)(=O)c2ccc3c(c2)CCC3)CC1. The van der Waals surface area contributed by atoms with Crippen LogP contribution in [-0.2, 0) is 27.7 Å². The highest BCUT2D eigenvalue weighted by Gasteiger charge is 2.34. The molecule has 0 bridgehead atoms. The van der Waals surface area contributed by atoms with Crippen LogP contribution in [-0.4, -0.2) is 49.7 Å². The number of nitriles is 1. The molecule has 1 aromatic carbocycles. The molecule has 0 radical (unpaired) electrons. The summed E-state index contributed by atoms with van der Waals surface area (Å²) in [5.41, 5.74) is 2.41. The lowest BCUT2D eigenvalue weighted by Crippen LogP contribution is -2.45. The summed E-state index contributed by atoms with van der Waals surface area (Å²) in [4.78, 5) is 14.9. The molecule has 0 spiro atoms. The molecule has 1 saturated heterocycles. The number of fused-ring (bicyclic) bond motifs is 1. The first-order valence-corrected chi connectivity index (χ1v) is 11.6. The number of benzene rings is 1. The van der Waals surface area contributed by atoms with Gasteiger partial charge in [-0.3, -0.25) is 4.79 Å². The molecule has 3 rings (SSSR count). The minimum Gasteiger partial charge on any atom is -0.341 e. The lowest BCUT2D eigenvalue weighted by atomic mass is 9.96. The predicted molar refractivity (Wildman–Crippen MR) is 107 cm³/mol. The summed E-state index contributed by atoms with van der Waals surface area (Å²) in [6.07, 6.45) is 4.12. The van der Waals surface area contributed by atoms with Gasteiger partial charge in [-0.25, -0.2) is 8.42 Å². The highest BCUT2D eigenvalue weighted by Crippen LogP contribution is 2.29. The van der Waals surface area contributed by atoms with Gasteiger partial charge in [-0.1, -0.05) is 6.07 Å². The Kier molecular flexibility index (Phi) is 6.41. The van der Waals surface area contributed by atoms with E-state index in [1.165, 1.54) is 9.87 Å². The van der Waals surface area contributed by atoms with Crippen molar-refractivity contribution in [1.82, 2.24) is 9.21 Å². The number of carbonyl (C=O) groups excluding carboxylic acids is 1. The molecule has 1 fully saturated rings. The number of hydrogen-bond acceptors (Lipinski definition) is 4. The fourth-order valence-electron chi connectivity index (χ4n) is 4.21. The summed E-state index contributed by atoms with van der Waals surface area (Å²) in [6, 6.07) is 7.67. The van der Waals surface area contributed by atoms with Crippen molar-refractivity contribution in [2.45, 2.75) is 50.8 Å². The standard InChI is InChI=1S/C21H29N3O3S/c1-3-23(15-16(2)14-22)21(25)18-9-11-24(12-10-18)28(26,27)20-8-7-17-5-4-6-19(17)13-20/h7-8,13,16,18H,3-6,9-12,15H2,1-2H3/t16-/m0/s1. The second kappa shape index (κ2) is 8.62. The van der Waals surface area contributed by atoms with E-state index in [9.17, 15) is 13.2 Å². The Hall–Kier alpha value is -1.91. The number of aryl methyl sites for hydroxylation is 2. The van der Waals surface area contributed by atoms with Gasteiger partial charge in [-0.05, 0) is 69.2 Å². The highest BCUT2D eigenvalue weighted by atomic mass is 32.2. The zero-order valence-electron chi connectivity index (χ0n) is 16.7. The number of sulfonamides is 1. The van der Waals surface area contributed by atoms with E-state index in [0.29, 0.717) is 43.9 Å². The van der Waals surface area contributed by atoms with Crippen LogP contribution in [0.1, 0.15) is 44.2 Å². The molecule has 7 heteroatoms. The van der Waals surface area contributed by atoms with E-state index in [4.69, 9.17) is 5.26 Å². The lowest BCUT2D eigenvalue weighted by Gasteiger charge is -2.33. The van der Waals surface area contributed by atoms with E-state index < -0.39 is 10.0 Å². The van der Waals surface area contributed by atoms with Crippen molar-refractivity contribution in [3.8, 4) is 6.07 Å². The first-order chi connectivity index (χ1) is 13.4. The molecule has 6 nitrogen and oxygen atoms in total. The minimum absolute atomic E-state index is 0.0409. The van der Waals surface area contributed by atoms with E-state index in [1.54, 1.807) is 11.0 Å². The molecule has 1 heterocycles. The summed E-state index contributed by atoms with van der Waals surface area (Å²) < 4.78 is 27.6. The van der Waals surface area contributed by atoms with Gasteiger partial charge in [-0.15, -0.1) is 0 Å². The monoisotopic (exact) mass is 403 g/mol. The molecule has 152 valence electrons. The Morgan fingerprint density at radius 3 is 2.61 bits per heavy atom. The number of hydrogen-bond donors (Lipinski definition) is 0. The molecule has 28 heavy (non-hydrogen) atoms. The maximum Gasteiger partial charge on any atom is 0.243 e. The second-order valence-electron chi connectivity index (χ2n) is 7.87. The fraction of sp³-hybridized carbons (Fsp3) is 0.619. The van der Waals surface area contributed by atoms with E-state index in [2.05, 4.69) is 6.07 Å². The second-order valence-corrected chi connectivity index (χ2v) is 9.81. The largest absolute Gasteiger partial charge is 0.341 e. The van der Waals surface area contributed by atoms with Gasteiger partial charge in [0.25, 0.3) is 0 Å². The zero-order valence-corrected chi connectivity index (χ0v) is 17.5. The molecular formula is C21H29N3O3S. The van der Waals surface area contributed by atoms with Crippen molar-refractivity contribution in [1.29, 1.82) is 5.26 Å². The Balaban J connectivity index is 1.64. The van der Waals surface area contributed by atoms with Crippen LogP contribution in [0, 0.1) is 23.2 Å². The molecule has 1 atom stereocenters. The summed E-state index contributed by atoms with van der Waals surface area (Å²) in [5.74, 6) is -0.333. The number of rotatable bonds is 6. The zero-order chi connectivity index (χ0) is 20.3. The van der Waals surface area contributed by atoms with Crippen LogP contribution < -0.4 is 0 Å². The van der Waals surface area contributed by atoms with Crippen molar-refractivity contribution in [3.63, 3.8) is 0 Å². The van der Waals surface area contributed by atoms with Crippen molar-refractivity contribution in [2.75, 3.05) is 26.2 Å². The minimum atomic E-state index is -3.52. The molecule has 1 aliphatic carbocycles. The summed E-state index contributed by atoms with van der Waals surface area (Å²) in [6.45, 7) is 5.44. The van der Waals surface area contributed by atoms with Crippen LogP contribution in [0.4, 0.5) is 0 Å². The maximum atomic E-state index is 13.0. The van der Waals surface area contributed by atoms with Gasteiger partial charge in [0.05, 0.1) is 16.9 Å². The van der Waals surface area contributed by atoms with Crippen LogP contribution in [0.25, 0.3) is 0 Å². The van der Waals surface area contributed by atoms with E-state index in [0.717, 1.165) is 24.8 Å². The molecule has 0 unspecified atom stereocenters. The van der Waals surface area contributed by atoms with Gasteiger partial charge in [-0.2, -0.15) is 9.57 Å². The molecule has 1 aromatic rings. The fourth-order valence-corrected chi connectivity index (χ4v) is 5.73. The number of piperidine rings is 1. The predicted octanol–water partition coefficient (Wildman–Crippen LogP) is 2.58. The third kappa shape index (κ3) is 4.23. The van der Waals surface area contributed by atoms with Gasteiger partial charge in [0.15, 0.2) is 0 Å². The first kappa shape index (κ1) is 20.8. The van der Waals surface area contributed by atoms with Gasteiger partial charge in [0.1, 0.15) is 0 Å². The topological polar surface area (TPSA) is 81.5 Å². The summed E-state index contributed by atoms with van der Waals surface area (Å²) in [7, 11) is -3.52. The number of nitrogens with zero attached hydrogens (tertiary/aromatic N) is 3. The Morgan fingerprint density at radius 2 is 1.96 bits per heavy atom. The molecule has 1 amide bonds. The average Bonchev–Trinajstić information content (AvgIpc) is 3.19. The molecule has 2 aliphatic rings. The van der Waals surface area contributed by atoms with Crippen LogP contribution in [0.2, 0.25) is 0 Å². The summed E-state index contributed by atoms with van der Waals surface area (Å²) >= 11 is 0.